The first-order valence-corrected chi connectivity index (χ1v) is 9.18. The summed E-state index contributed by atoms with van der Waals surface area (Å²) in [5.41, 5.74) is 1.59. The highest BCUT2D eigenvalue weighted by atomic mass is 35.5. The van der Waals surface area contributed by atoms with Crippen LogP contribution in [0.5, 0.6) is 0 Å². The molecule has 25 heavy (non-hydrogen) atoms. The van der Waals surface area contributed by atoms with Crippen LogP contribution in [-0.2, 0) is 4.79 Å². The van der Waals surface area contributed by atoms with E-state index in [1.165, 1.54) is 0 Å². The number of allylic oxidation sites excluding steroid dienone is 1. The molecule has 138 valence electrons. The lowest BCUT2D eigenvalue weighted by molar-refractivity contribution is -0.130. The van der Waals surface area contributed by atoms with Gasteiger partial charge < -0.3 is 10.0 Å². The number of amides is 1. The Labute approximate surface area is 156 Å². The number of aliphatic hydroxyl groups excluding tert-OH is 1. The van der Waals surface area contributed by atoms with Gasteiger partial charge in [0.05, 0.1) is 17.0 Å². The van der Waals surface area contributed by atoms with Gasteiger partial charge in [-0.1, -0.05) is 25.4 Å². The Morgan fingerprint density at radius 1 is 1.08 bits per heavy atom. The van der Waals surface area contributed by atoms with Crippen LogP contribution in [0.1, 0.15) is 54.4 Å². The molecule has 0 aromatic heterocycles. The molecular weight excluding hydrogens is 336 g/mol. The van der Waals surface area contributed by atoms with Crippen LogP contribution >= 0.6 is 11.6 Å². The molecule has 0 spiro atoms. The number of benzene rings is 1. The summed E-state index contributed by atoms with van der Waals surface area (Å²) in [7, 11) is 0. The Morgan fingerprint density at radius 2 is 1.60 bits per heavy atom. The molecule has 0 saturated heterocycles. The third-order valence-corrected chi connectivity index (χ3v) is 4.15. The minimum absolute atomic E-state index is 0.0285. The van der Waals surface area contributed by atoms with Crippen LogP contribution < -0.4 is 0 Å². The number of aliphatic hydroxyl groups is 1. The Hall–Kier alpha value is -1.81. The Kier molecular flexibility index (Phi) is 8.17. The van der Waals surface area contributed by atoms with E-state index in [0.717, 1.165) is 0 Å². The third-order valence-electron chi connectivity index (χ3n) is 3.90. The Bertz CT molecular complexity index is 638. The molecule has 0 saturated carbocycles. The van der Waals surface area contributed by atoms with E-state index in [4.69, 9.17) is 11.6 Å². The fourth-order valence-corrected chi connectivity index (χ4v) is 2.89. The molecule has 1 N–H and O–H groups in total. The Morgan fingerprint density at radius 3 is 2.00 bits per heavy atom. The summed E-state index contributed by atoms with van der Waals surface area (Å²) in [6.07, 6.45) is 0.919. The summed E-state index contributed by atoms with van der Waals surface area (Å²) in [6.45, 7) is 11.6. The predicted octanol–water partition coefficient (Wildman–Crippen LogP) is 5.69. The van der Waals surface area contributed by atoms with Crippen LogP contribution in [0, 0.1) is 0 Å². The monoisotopic (exact) mass is 364 g/mol. The summed E-state index contributed by atoms with van der Waals surface area (Å²) >= 11 is 5.92. The molecule has 0 unspecified atom stereocenters. The molecular formula is C20H29ClN2O2. The summed E-state index contributed by atoms with van der Waals surface area (Å²) in [4.78, 5) is 19.6. The van der Waals surface area contributed by atoms with Crippen molar-refractivity contribution in [3.63, 3.8) is 0 Å². The highest BCUT2D eigenvalue weighted by Crippen LogP contribution is 2.22. The van der Waals surface area contributed by atoms with Gasteiger partial charge in [0.1, 0.15) is 5.76 Å². The van der Waals surface area contributed by atoms with Crippen LogP contribution in [-0.4, -0.2) is 33.7 Å². The van der Waals surface area contributed by atoms with Gasteiger partial charge in [-0.2, -0.15) is 0 Å². The van der Waals surface area contributed by atoms with Crippen molar-refractivity contribution >= 4 is 28.9 Å². The van der Waals surface area contributed by atoms with Crippen LogP contribution in [0.3, 0.4) is 0 Å². The van der Waals surface area contributed by atoms with E-state index in [1.54, 1.807) is 29.2 Å². The SMILES string of the molecule is CCC(=Nc1ccc(Cl)cc1)/C(C(=O)N(C(C)C)C(C)C)=C(\O)CC. The molecule has 0 radical (unpaired) electrons. The molecule has 0 fully saturated rings. The standard InChI is InChI=1S/C20H29ClN2O2/c1-7-17(22-16-11-9-15(21)10-12-16)19(18(24)8-2)20(25)23(13(3)4)14(5)6/h9-14,24H,7-8H2,1-6H3/b19-18+,22-17?. The first-order valence-electron chi connectivity index (χ1n) is 8.81. The lowest BCUT2D eigenvalue weighted by atomic mass is 10.0. The van der Waals surface area contributed by atoms with Crippen LogP contribution in [0.4, 0.5) is 5.69 Å². The van der Waals surface area contributed by atoms with Gasteiger partial charge in [-0.3, -0.25) is 9.79 Å². The van der Waals surface area contributed by atoms with Gasteiger partial charge >= 0.3 is 0 Å². The third kappa shape index (κ3) is 5.60. The Balaban J connectivity index is 3.42. The predicted molar refractivity (Wildman–Crippen MR) is 106 cm³/mol. The maximum atomic E-state index is 13.2. The van der Waals surface area contributed by atoms with E-state index in [2.05, 4.69) is 4.99 Å². The van der Waals surface area contributed by atoms with E-state index < -0.39 is 0 Å². The van der Waals surface area contributed by atoms with Crippen molar-refractivity contribution in [3.8, 4) is 0 Å². The van der Waals surface area contributed by atoms with E-state index >= 15 is 0 Å². The summed E-state index contributed by atoms with van der Waals surface area (Å²) in [5.74, 6) is -0.107. The van der Waals surface area contributed by atoms with Crippen LogP contribution in [0.2, 0.25) is 5.02 Å². The molecule has 1 amide bonds. The van der Waals surface area contributed by atoms with Crippen LogP contribution in [0.15, 0.2) is 40.6 Å². The minimum Gasteiger partial charge on any atom is -0.511 e. The van der Waals surface area contributed by atoms with Crippen molar-refractivity contribution in [1.82, 2.24) is 4.90 Å². The van der Waals surface area contributed by atoms with Crippen molar-refractivity contribution in [2.24, 2.45) is 4.99 Å². The van der Waals surface area contributed by atoms with Gasteiger partial charge in [-0.25, -0.2) is 0 Å². The zero-order valence-electron chi connectivity index (χ0n) is 16.0. The van der Waals surface area contributed by atoms with E-state index in [9.17, 15) is 9.90 Å². The second kappa shape index (κ2) is 9.62. The average molecular weight is 365 g/mol. The highest BCUT2D eigenvalue weighted by Gasteiger charge is 2.28. The minimum atomic E-state index is -0.182. The zero-order chi connectivity index (χ0) is 19.1. The topological polar surface area (TPSA) is 52.9 Å². The van der Waals surface area contributed by atoms with Gasteiger partial charge in [0.25, 0.3) is 5.91 Å². The van der Waals surface area contributed by atoms with Gasteiger partial charge in [0, 0.05) is 23.5 Å². The van der Waals surface area contributed by atoms with Gasteiger partial charge in [0.2, 0.25) is 0 Å². The molecule has 1 aromatic carbocycles. The fourth-order valence-electron chi connectivity index (χ4n) is 2.77. The summed E-state index contributed by atoms with van der Waals surface area (Å²) in [6, 6.07) is 7.17. The van der Waals surface area contributed by atoms with Gasteiger partial charge in [-0.15, -0.1) is 0 Å². The molecule has 0 bridgehead atoms. The fraction of sp³-hybridized carbons (Fsp3) is 0.500. The van der Waals surface area contributed by atoms with Crippen molar-refractivity contribution in [3.05, 3.63) is 40.6 Å². The van der Waals surface area contributed by atoms with E-state index in [-0.39, 0.29) is 23.8 Å². The zero-order valence-corrected chi connectivity index (χ0v) is 16.8. The number of rotatable bonds is 7. The molecule has 1 rings (SSSR count). The van der Waals surface area contributed by atoms with Crippen molar-refractivity contribution < 1.29 is 9.90 Å². The number of hydrogen-bond donors (Lipinski definition) is 1. The molecule has 0 aliphatic carbocycles. The number of halogens is 1. The lowest BCUT2D eigenvalue weighted by Crippen LogP contribution is -2.44. The van der Waals surface area contributed by atoms with Crippen molar-refractivity contribution in [2.75, 3.05) is 0 Å². The maximum absolute atomic E-state index is 13.2. The molecule has 0 aliphatic heterocycles. The second-order valence-electron chi connectivity index (χ2n) is 6.46. The molecule has 4 nitrogen and oxygen atoms in total. The van der Waals surface area contributed by atoms with E-state index in [0.29, 0.717) is 34.8 Å². The van der Waals surface area contributed by atoms with Crippen molar-refractivity contribution in [1.29, 1.82) is 0 Å². The molecule has 0 heterocycles. The second-order valence-corrected chi connectivity index (χ2v) is 6.90. The molecule has 0 aliphatic rings. The summed E-state index contributed by atoms with van der Waals surface area (Å²) in [5, 5.41) is 11.1. The number of carbonyl (C=O) groups excluding carboxylic acids is 1. The first kappa shape index (κ1) is 21.2. The van der Waals surface area contributed by atoms with Crippen molar-refractivity contribution in [2.45, 2.75) is 66.5 Å². The van der Waals surface area contributed by atoms with Gasteiger partial charge in [-0.05, 0) is 58.4 Å². The average Bonchev–Trinajstić information content (AvgIpc) is 2.55. The highest BCUT2D eigenvalue weighted by molar-refractivity contribution is 6.30. The largest absolute Gasteiger partial charge is 0.511 e. The number of nitrogens with zero attached hydrogens (tertiary/aromatic N) is 2. The first-order chi connectivity index (χ1) is 11.7. The normalized spacial score (nSPS) is 13.2. The lowest BCUT2D eigenvalue weighted by Gasteiger charge is -2.32. The molecule has 1 aromatic rings. The quantitative estimate of drug-likeness (QED) is 0.384. The number of hydrogen-bond acceptors (Lipinski definition) is 3. The molecule has 0 atom stereocenters. The van der Waals surface area contributed by atoms with Gasteiger partial charge in [0.15, 0.2) is 0 Å². The smallest absolute Gasteiger partial charge is 0.259 e. The number of aliphatic imine (C=N–C) groups is 1. The van der Waals surface area contributed by atoms with E-state index in [1.807, 2.05) is 41.5 Å². The van der Waals surface area contributed by atoms with Crippen LogP contribution in [0.25, 0.3) is 0 Å². The maximum Gasteiger partial charge on any atom is 0.259 e. The molecule has 5 heteroatoms. The summed E-state index contributed by atoms with van der Waals surface area (Å²) < 4.78 is 0. The number of carbonyl (C=O) groups is 1.